The molecule has 2 aliphatic heterocycles. The number of piperazine rings is 1. The van der Waals surface area contributed by atoms with Gasteiger partial charge in [0, 0.05) is 32.2 Å². The Balaban J connectivity index is 1.21. The average molecular weight is 426 g/mol. The molecule has 1 saturated carbocycles. The van der Waals surface area contributed by atoms with Gasteiger partial charge < -0.3 is 14.4 Å². The molecule has 0 N–H and O–H groups in total. The summed E-state index contributed by atoms with van der Waals surface area (Å²) in [7, 11) is 1.65. The minimum Gasteiger partial charge on any atom is -0.497 e. The van der Waals surface area contributed by atoms with Crippen LogP contribution in [0.15, 0.2) is 24.3 Å². The van der Waals surface area contributed by atoms with Crippen molar-refractivity contribution in [3.63, 3.8) is 0 Å². The van der Waals surface area contributed by atoms with Crippen LogP contribution in [-0.2, 0) is 17.9 Å². The highest BCUT2D eigenvalue weighted by Gasteiger charge is 2.32. The predicted octanol–water partition coefficient (Wildman–Crippen LogP) is 2.65. The van der Waals surface area contributed by atoms with E-state index >= 15 is 0 Å². The van der Waals surface area contributed by atoms with Crippen LogP contribution in [0.2, 0.25) is 0 Å². The van der Waals surface area contributed by atoms with Gasteiger partial charge in [0.05, 0.1) is 26.0 Å². The van der Waals surface area contributed by atoms with E-state index in [9.17, 15) is 4.79 Å². The third-order valence-electron chi connectivity index (χ3n) is 6.98. The summed E-state index contributed by atoms with van der Waals surface area (Å²) in [6, 6.07) is 8.57. The molecule has 2 fully saturated rings. The Bertz CT molecular complexity index is 898. The number of aromatic nitrogens is 3. The van der Waals surface area contributed by atoms with E-state index in [-0.39, 0.29) is 12.0 Å². The second kappa shape index (κ2) is 8.96. The number of carbonyl (C=O) groups is 1. The van der Waals surface area contributed by atoms with Gasteiger partial charge in [-0.05, 0) is 30.5 Å². The largest absolute Gasteiger partial charge is 0.497 e. The second-order valence-electron chi connectivity index (χ2n) is 8.76. The van der Waals surface area contributed by atoms with Gasteiger partial charge >= 0.3 is 0 Å². The molecule has 0 spiro atoms. The number of amides is 1. The van der Waals surface area contributed by atoms with Crippen molar-refractivity contribution < 1.29 is 14.3 Å². The number of methoxy groups -OCH3 is 1. The van der Waals surface area contributed by atoms with Crippen LogP contribution in [0, 0.1) is 0 Å². The van der Waals surface area contributed by atoms with E-state index in [4.69, 9.17) is 9.47 Å². The summed E-state index contributed by atoms with van der Waals surface area (Å²) in [5, 5.41) is 8.52. The Morgan fingerprint density at radius 1 is 1.06 bits per heavy atom. The molecule has 0 radical (unpaired) electrons. The first-order valence-electron chi connectivity index (χ1n) is 11.4. The van der Waals surface area contributed by atoms with Gasteiger partial charge in [0.1, 0.15) is 11.9 Å². The lowest BCUT2D eigenvalue weighted by Crippen LogP contribution is -2.52. The van der Waals surface area contributed by atoms with Crippen LogP contribution in [-0.4, -0.2) is 70.0 Å². The molecule has 166 valence electrons. The van der Waals surface area contributed by atoms with Crippen molar-refractivity contribution in [1.82, 2.24) is 24.8 Å². The van der Waals surface area contributed by atoms with E-state index in [0.717, 1.165) is 43.2 Å². The van der Waals surface area contributed by atoms with Gasteiger partial charge in [-0.15, -0.1) is 5.10 Å². The number of hydrogen-bond acceptors (Lipinski definition) is 6. The summed E-state index contributed by atoms with van der Waals surface area (Å²) >= 11 is 0. The van der Waals surface area contributed by atoms with Crippen LogP contribution < -0.4 is 4.74 Å². The van der Waals surface area contributed by atoms with Crippen LogP contribution in [0.3, 0.4) is 0 Å². The number of benzene rings is 1. The summed E-state index contributed by atoms with van der Waals surface area (Å²) < 4.78 is 13.1. The van der Waals surface area contributed by atoms with Crippen LogP contribution in [0.1, 0.15) is 60.0 Å². The summed E-state index contributed by atoms with van der Waals surface area (Å²) in [6.07, 6.45) is 6.55. The van der Waals surface area contributed by atoms with Crippen molar-refractivity contribution in [3.8, 4) is 5.75 Å². The first-order valence-corrected chi connectivity index (χ1v) is 11.4. The Hall–Kier alpha value is -2.45. The minimum atomic E-state index is -0.109. The molecule has 1 atom stereocenters. The lowest BCUT2D eigenvalue weighted by atomic mass is 9.94. The molecule has 31 heavy (non-hydrogen) atoms. The molecule has 1 aromatic heterocycles. The maximum Gasteiger partial charge on any atom is 0.276 e. The predicted molar refractivity (Wildman–Crippen MR) is 115 cm³/mol. The third kappa shape index (κ3) is 4.19. The van der Waals surface area contributed by atoms with Crippen molar-refractivity contribution in [1.29, 1.82) is 0 Å². The zero-order chi connectivity index (χ0) is 21.2. The van der Waals surface area contributed by atoms with Crippen molar-refractivity contribution in [2.24, 2.45) is 0 Å². The topological polar surface area (TPSA) is 72.7 Å². The summed E-state index contributed by atoms with van der Waals surface area (Å²) in [5.74, 6) is 0.800. The van der Waals surface area contributed by atoms with Crippen LogP contribution in [0.5, 0.6) is 5.75 Å². The zero-order valence-corrected chi connectivity index (χ0v) is 18.2. The number of nitrogens with zero attached hydrogens (tertiary/aromatic N) is 5. The molecule has 1 aliphatic carbocycles. The molecule has 8 nitrogen and oxygen atoms in total. The quantitative estimate of drug-likeness (QED) is 0.750. The van der Waals surface area contributed by atoms with Gasteiger partial charge in [0.25, 0.3) is 5.91 Å². The van der Waals surface area contributed by atoms with E-state index < -0.39 is 0 Å². The smallest absolute Gasteiger partial charge is 0.276 e. The van der Waals surface area contributed by atoms with Gasteiger partial charge in [-0.1, -0.05) is 36.6 Å². The Labute approximate surface area is 183 Å². The number of carbonyl (C=O) groups excluding carboxylic acids is 1. The van der Waals surface area contributed by atoms with Crippen molar-refractivity contribution in [2.45, 2.75) is 57.4 Å². The molecule has 3 heterocycles. The molecule has 0 bridgehead atoms. The molecule has 8 heteroatoms. The zero-order valence-electron chi connectivity index (χ0n) is 18.2. The molecular weight excluding hydrogens is 394 g/mol. The first-order chi connectivity index (χ1) is 15.2. The standard InChI is InChI=1S/C23H31N5O3/c1-30-19-9-7-17(8-10-19)21-15-28-20(16-31-21)22(24-25-28)23(29)27-13-11-26(12-14-27)18-5-3-2-4-6-18/h7-10,18,21H,2-6,11-16H2,1H3/t21-/m0/s1. The lowest BCUT2D eigenvalue weighted by Gasteiger charge is -2.40. The number of ether oxygens (including phenoxy) is 2. The molecule has 0 unspecified atom stereocenters. The van der Waals surface area contributed by atoms with E-state index in [1.54, 1.807) is 7.11 Å². The summed E-state index contributed by atoms with van der Waals surface area (Å²) in [5.41, 5.74) is 2.29. The monoisotopic (exact) mass is 425 g/mol. The Morgan fingerprint density at radius 2 is 1.81 bits per heavy atom. The third-order valence-corrected chi connectivity index (χ3v) is 6.98. The summed E-state index contributed by atoms with van der Waals surface area (Å²) in [4.78, 5) is 17.7. The van der Waals surface area contributed by atoms with E-state index in [2.05, 4.69) is 15.2 Å². The van der Waals surface area contributed by atoms with Gasteiger partial charge in [-0.2, -0.15) is 0 Å². The highest BCUT2D eigenvalue weighted by atomic mass is 16.5. The molecule has 1 amide bonds. The molecular formula is C23H31N5O3. The molecule has 3 aliphatic rings. The van der Waals surface area contributed by atoms with Crippen LogP contribution in [0.4, 0.5) is 0 Å². The van der Waals surface area contributed by atoms with Crippen molar-refractivity contribution in [2.75, 3.05) is 33.3 Å². The van der Waals surface area contributed by atoms with Gasteiger partial charge in [0.2, 0.25) is 0 Å². The van der Waals surface area contributed by atoms with Gasteiger partial charge in [0.15, 0.2) is 5.69 Å². The summed E-state index contributed by atoms with van der Waals surface area (Å²) in [6.45, 7) is 4.32. The molecule has 5 rings (SSSR count). The van der Waals surface area contributed by atoms with Gasteiger partial charge in [-0.3, -0.25) is 9.69 Å². The Kier molecular flexibility index (Phi) is 5.91. The minimum absolute atomic E-state index is 0.0176. The van der Waals surface area contributed by atoms with E-state index in [1.807, 2.05) is 33.8 Å². The highest BCUT2D eigenvalue weighted by Crippen LogP contribution is 2.29. The number of hydrogen-bond donors (Lipinski definition) is 0. The Morgan fingerprint density at radius 3 is 2.52 bits per heavy atom. The normalized spacial score (nSPS) is 22.9. The SMILES string of the molecule is COc1ccc([C@@H]2Cn3nnc(C(=O)N4CCN(C5CCCCC5)CC4)c3CO2)cc1. The first kappa shape index (κ1) is 20.5. The van der Waals surface area contributed by atoms with Crippen molar-refractivity contribution in [3.05, 3.63) is 41.2 Å². The van der Waals surface area contributed by atoms with E-state index in [1.165, 1.54) is 32.1 Å². The maximum atomic E-state index is 13.2. The number of fused-ring (bicyclic) bond motifs is 1. The molecule has 2 aromatic rings. The van der Waals surface area contributed by atoms with Crippen LogP contribution in [0.25, 0.3) is 0 Å². The number of rotatable bonds is 4. The highest BCUT2D eigenvalue weighted by molar-refractivity contribution is 5.93. The fourth-order valence-corrected chi connectivity index (χ4v) is 5.08. The van der Waals surface area contributed by atoms with Crippen LogP contribution >= 0.6 is 0 Å². The maximum absolute atomic E-state index is 13.2. The average Bonchev–Trinajstić information content (AvgIpc) is 3.27. The molecule has 1 saturated heterocycles. The fourth-order valence-electron chi connectivity index (χ4n) is 5.08. The van der Waals surface area contributed by atoms with Crippen molar-refractivity contribution >= 4 is 5.91 Å². The molecule has 1 aromatic carbocycles. The second-order valence-corrected chi connectivity index (χ2v) is 8.76. The van der Waals surface area contributed by atoms with E-state index in [0.29, 0.717) is 24.9 Å². The fraction of sp³-hybridized carbons (Fsp3) is 0.609. The van der Waals surface area contributed by atoms with Gasteiger partial charge in [-0.25, -0.2) is 4.68 Å². The lowest BCUT2D eigenvalue weighted by molar-refractivity contribution is -0.00212.